The Morgan fingerprint density at radius 1 is 0.576 bits per heavy atom. The van der Waals surface area contributed by atoms with Gasteiger partial charge >= 0.3 is 18.0 Å². The van der Waals surface area contributed by atoms with Gasteiger partial charge in [-0.15, -0.1) is 5.06 Å². The number of hydrogen-bond donors (Lipinski definition) is 5. The number of pyridine rings is 2. The number of alkyl carbamates (subject to hydrolysis) is 1. The number of para-hydroxylation sites is 2. The van der Waals surface area contributed by atoms with E-state index < -0.39 is 52.0 Å². The predicted octanol–water partition coefficient (Wildman–Crippen LogP) is 8.53. The lowest BCUT2D eigenvalue weighted by molar-refractivity contribution is -0.204. The standard InChI is InChI=1S/C31H40N6O5.C19H27N5O2.C17H19NO6/c1-6-40-19-24-35-25-26(22-14-10-11-15-23(22)34-27(25)32)37(24)20-30(2,3)42-17-16-33-28(38)31(4,5)36-29(39)41-18-21-12-8-7-9-13-21;1-4-25-11-15-23-16-17(24(15)12-19(2,3)26-10-9-20)13-7-5-6-8-14(13)22-18(16)21;1-17(2,16(22)24-18-13(19)8-9-14(18)20)10-15(21)23-11-12-6-4-3-5-7-12/h7-15H,6,16-20H2,1-5H3,(H2,32,34)(H,33,38)(H,36,39);5-8H,4,9-12,20H2,1-3H3,(H2,21,22);3-7H,8-11H2,1-2H3. The van der Waals surface area contributed by atoms with Crippen LogP contribution in [0.4, 0.5) is 16.4 Å². The molecular formula is C67H86N12O13. The summed E-state index contributed by atoms with van der Waals surface area (Å²) in [5.41, 5.74) is 21.2. The van der Waals surface area contributed by atoms with Crippen molar-refractivity contribution in [2.45, 2.75) is 145 Å². The van der Waals surface area contributed by atoms with E-state index in [0.29, 0.717) is 80.4 Å². The largest absolute Gasteiger partial charge is 0.461 e. The van der Waals surface area contributed by atoms with Crippen LogP contribution in [0.5, 0.6) is 0 Å². The van der Waals surface area contributed by atoms with Gasteiger partial charge in [0.15, 0.2) is 11.6 Å². The van der Waals surface area contributed by atoms with Gasteiger partial charge in [0.05, 0.1) is 71.4 Å². The molecule has 1 fully saturated rings. The number of imide groups is 1. The summed E-state index contributed by atoms with van der Waals surface area (Å²) in [7, 11) is 0. The molecule has 492 valence electrons. The second-order valence-electron chi connectivity index (χ2n) is 24.2. The second-order valence-corrected chi connectivity index (χ2v) is 24.2. The Labute approximate surface area is 534 Å². The number of nitrogens with two attached hydrogens (primary N) is 3. The summed E-state index contributed by atoms with van der Waals surface area (Å²) in [5.74, 6) is -0.536. The van der Waals surface area contributed by atoms with Crippen LogP contribution in [-0.4, -0.2) is 126 Å². The molecule has 4 aromatic carbocycles. The van der Waals surface area contributed by atoms with Gasteiger partial charge in [0.1, 0.15) is 54.6 Å². The van der Waals surface area contributed by atoms with Crippen LogP contribution in [0.2, 0.25) is 0 Å². The Bertz CT molecular complexity index is 3830. The van der Waals surface area contributed by atoms with Crippen LogP contribution in [0, 0.1) is 5.41 Å². The number of anilines is 2. The van der Waals surface area contributed by atoms with E-state index in [1.54, 1.807) is 13.8 Å². The average Bonchev–Trinajstić information content (AvgIpc) is 1.64. The van der Waals surface area contributed by atoms with Crippen molar-refractivity contribution < 1.29 is 62.0 Å². The molecule has 9 rings (SSSR count). The summed E-state index contributed by atoms with van der Waals surface area (Å²) in [6.07, 6.45) is -0.859. The van der Waals surface area contributed by atoms with E-state index in [-0.39, 0.29) is 51.5 Å². The molecule has 4 amide bonds. The molecule has 0 bridgehead atoms. The Hall–Kier alpha value is -9.14. The van der Waals surface area contributed by atoms with Gasteiger partial charge in [0.2, 0.25) is 5.91 Å². The topological polar surface area (TPSA) is 334 Å². The van der Waals surface area contributed by atoms with Crippen LogP contribution in [0.3, 0.4) is 0 Å². The van der Waals surface area contributed by atoms with Crippen LogP contribution in [0.25, 0.3) is 43.9 Å². The Morgan fingerprint density at radius 2 is 1.02 bits per heavy atom. The minimum atomic E-state index is -1.23. The molecule has 1 aliphatic heterocycles. The van der Waals surface area contributed by atoms with Crippen molar-refractivity contribution in [1.29, 1.82) is 0 Å². The number of carbonyl (C=O) groups is 6. The fourth-order valence-corrected chi connectivity index (χ4v) is 9.82. The molecule has 1 saturated heterocycles. The zero-order valence-electron chi connectivity index (χ0n) is 54.2. The average molecular weight is 1270 g/mol. The van der Waals surface area contributed by atoms with Crippen molar-refractivity contribution in [2.75, 3.05) is 51.0 Å². The van der Waals surface area contributed by atoms with E-state index >= 15 is 0 Å². The molecule has 1 aliphatic rings. The minimum Gasteiger partial charge on any atom is -0.461 e. The summed E-state index contributed by atoms with van der Waals surface area (Å²) in [4.78, 5) is 95.5. The number of hydroxylamine groups is 2. The second kappa shape index (κ2) is 31.7. The number of nitrogen functional groups attached to an aromatic ring is 2. The lowest BCUT2D eigenvalue weighted by atomic mass is 9.90. The van der Waals surface area contributed by atoms with Gasteiger partial charge in [0, 0.05) is 49.9 Å². The molecule has 0 unspecified atom stereocenters. The number of hydrogen-bond acceptors (Lipinski definition) is 20. The third-order valence-electron chi connectivity index (χ3n) is 14.6. The van der Waals surface area contributed by atoms with E-state index in [9.17, 15) is 28.8 Å². The number of imidazole rings is 2. The number of rotatable bonds is 27. The van der Waals surface area contributed by atoms with E-state index in [1.807, 2.05) is 151 Å². The first-order valence-corrected chi connectivity index (χ1v) is 30.5. The first-order valence-electron chi connectivity index (χ1n) is 30.5. The summed E-state index contributed by atoms with van der Waals surface area (Å²) in [6, 6.07) is 34.2. The molecule has 92 heavy (non-hydrogen) atoms. The number of amides is 4. The minimum absolute atomic E-state index is 0.0195. The number of benzene rings is 4. The predicted molar refractivity (Wildman–Crippen MR) is 347 cm³/mol. The Kier molecular flexibility index (Phi) is 24.3. The molecule has 0 saturated carbocycles. The Morgan fingerprint density at radius 3 is 1.49 bits per heavy atom. The van der Waals surface area contributed by atoms with E-state index in [4.69, 9.17) is 60.4 Å². The van der Waals surface area contributed by atoms with E-state index in [0.717, 1.165) is 55.6 Å². The number of nitrogens with zero attached hydrogens (tertiary/aromatic N) is 7. The summed E-state index contributed by atoms with van der Waals surface area (Å²) in [6.45, 7) is 22.9. The molecule has 25 nitrogen and oxygen atoms in total. The van der Waals surface area contributed by atoms with Crippen LogP contribution >= 0.6 is 0 Å². The molecule has 8 aromatic rings. The molecule has 8 N–H and O–H groups in total. The maximum Gasteiger partial charge on any atom is 0.408 e. The maximum atomic E-state index is 12.8. The van der Waals surface area contributed by atoms with Crippen LogP contribution in [-0.2, 0) is 96.7 Å². The molecule has 0 atom stereocenters. The third-order valence-corrected chi connectivity index (χ3v) is 14.6. The zero-order chi connectivity index (χ0) is 66.8. The SMILES string of the molecule is CC(C)(CC(=O)OCc1ccccc1)C(=O)ON1C(=O)CCC1=O.CCOCc1nc2c(N)nc3ccccc3c2n1CC(C)(C)OCCN.CCOCc1nc2c(N)nc3ccccc3c2n1CC(C)(C)OCCNC(=O)C(C)(C)NC(=O)OCc1ccccc1. The molecule has 0 aliphatic carbocycles. The number of carbonyl (C=O) groups excluding carboxylic acids is 6. The number of ether oxygens (including phenoxy) is 6. The monoisotopic (exact) mass is 1270 g/mol. The van der Waals surface area contributed by atoms with Crippen molar-refractivity contribution in [2.24, 2.45) is 11.1 Å². The van der Waals surface area contributed by atoms with Crippen LogP contribution in [0.15, 0.2) is 109 Å². The van der Waals surface area contributed by atoms with E-state index in [1.165, 1.54) is 13.8 Å². The van der Waals surface area contributed by atoms with Crippen molar-refractivity contribution >= 4 is 91.3 Å². The van der Waals surface area contributed by atoms with Crippen LogP contribution < -0.4 is 27.8 Å². The van der Waals surface area contributed by atoms with Gasteiger partial charge in [-0.05, 0) is 92.5 Å². The quantitative estimate of drug-likeness (QED) is 0.0183. The molecule has 4 aromatic heterocycles. The molecule has 25 heteroatoms. The highest BCUT2D eigenvalue weighted by Gasteiger charge is 2.40. The van der Waals surface area contributed by atoms with Gasteiger partial charge in [-0.25, -0.2) is 29.5 Å². The van der Waals surface area contributed by atoms with Crippen molar-refractivity contribution in [3.05, 3.63) is 132 Å². The maximum absolute atomic E-state index is 12.8. The highest BCUT2D eigenvalue weighted by molar-refractivity contribution is 6.08. The fourth-order valence-electron chi connectivity index (χ4n) is 9.82. The lowest BCUT2D eigenvalue weighted by Gasteiger charge is -2.28. The first-order chi connectivity index (χ1) is 43.8. The summed E-state index contributed by atoms with van der Waals surface area (Å²) in [5, 5.41) is 7.89. The zero-order valence-corrected chi connectivity index (χ0v) is 54.2. The molecule has 0 radical (unpaired) electrons. The smallest absolute Gasteiger partial charge is 0.408 e. The number of aromatic nitrogens is 6. The summed E-state index contributed by atoms with van der Waals surface area (Å²) >= 11 is 0. The third kappa shape index (κ3) is 19.0. The highest BCUT2D eigenvalue weighted by Crippen LogP contribution is 2.33. The number of fused-ring (bicyclic) bond motifs is 6. The normalized spacial score (nSPS) is 12.8. The van der Waals surface area contributed by atoms with Crippen molar-refractivity contribution in [1.82, 2.24) is 44.8 Å². The van der Waals surface area contributed by atoms with Gasteiger partial charge in [0.25, 0.3) is 11.8 Å². The lowest BCUT2D eigenvalue weighted by Crippen LogP contribution is -2.55. The Balaban J connectivity index is 0.000000207. The van der Waals surface area contributed by atoms with Gasteiger partial charge in [-0.3, -0.25) is 19.2 Å². The summed E-state index contributed by atoms with van der Waals surface area (Å²) < 4.78 is 38.1. The first kappa shape index (κ1) is 70.3. The molecule has 5 heterocycles. The van der Waals surface area contributed by atoms with Crippen LogP contribution in [0.1, 0.15) is 111 Å². The van der Waals surface area contributed by atoms with Gasteiger partial charge in [-0.1, -0.05) is 97.1 Å². The van der Waals surface area contributed by atoms with Crippen molar-refractivity contribution in [3.8, 4) is 0 Å². The molecule has 0 spiro atoms. The van der Waals surface area contributed by atoms with E-state index in [2.05, 4.69) is 29.7 Å². The van der Waals surface area contributed by atoms with Gasteiger partial charge < -0.3 is 70.2 Å². The van der Waals surface area contributed by atoms with Gasteiger partial charge in [-0.2, -0.15) is 0 Å². The highest BCUT2D eigenvalue weighted by atomic mass is 16.7. The molecular weight excluding hydrogens is 1180 g/mol. The van der Waals surface area contributed by atoms with Crippen molar-refractivity contribution in [3.63, 3.8) is 0 Å². The fraction of sp³-hybridized carbons (Fsp3) is 0.433. The number of nitrogens with one attached hydrogen (secondary N) is 2. The number of esters is 1.